The molecule has 44 heavy (non-hydrogen) atoms. The molecule has 0 saturated heterocycles. The average molecular weight is 608 g/mol. The first-order chi connectivity index (χ1) is 21.2. The molecule has 3 aromatic rings. The number of aryl methyl sites for hydroxylation is 1. The standard InChI is InChI=1S/C32H41N5O7/c1-21(2)29-31(39)34-12-6-14-36-16-13-33-30(36)22-8-11-25(42-4)27(18-22)44-17-7-15-37(20-28(38)35-29)32(40)24-10-9-23(41-3)19-26(24)43-5/h8-11,13,16,18-19,21,29H,6-7,12,14-15,17,20H2,1-5H3,(H,34,39)(H,35,38)/t29-/m1/s1. The Kier molecular flexibility index (Phi) is 11.1. The Bertz CT molecular complexity index is 1450. The molecule has 0 fully saturated rings. The summed E-state index contributed by atoms with van der Waals surface area (Å²) in [5.41, 5.74) is 1.13. The number of nitrogens with zero attached hydrogens (tertiary/aromatic N) is 3. The highest BCUT2D eigenvalue weighted by Crippen LogP contribution is 2.32. The number of amides is 3. The quantitative estimate of drug-likeness (QED) is 0.452. The smallest absolute Gasteiger partial charge is 0.258 e. The molecule has 3 amide bonds. The Morgan fingerprint density at radius 3 is 2.52 bits per heavy atom. The van der Waals surface area contributed by atoms with Crippen molar-refractivity contribution in [3.8, 4) is 34.4 Å². The zero-order valence-electron chi connectivity index (χ0n) is 25.9. The molecule has 0 radical (unpaired) electrons. The van der Waals surface area contributed by atoms with Crippen LogP contribution < -0.4 is 29.6 Å². The van der Waals surface area contributed by atoms with Gasteiger partial charge in [0.1, 0.15) is 23.4 Å². The third-order valence-corrected chi connectivity index (χ3v) is 7.37. The number of benzene rings is 2. The molecule has 1 aliphatic heterocycles. The summed E-state index contributed by atoms with van der Waals surface area (Å²) >= 11 is 0. The van der Waals surface area contributed by atoms with Crippen LogP contribution >= 0.6 is 0 Å². The third-order valence-electron chi connectivity index (χ3n) is 7.37. The number of hydrogen-bond acceptors (Lipinski definition) is 8. The van der Waals surface area contributed by atoms with Gasteiger partial charge in [0, 0.05) is 43.7 Å². The summed E-state index contributed by atoms with van der Waals surface area (Å²) in [5.74, 6) is 1.42. The number of fused-ring (bicyclic) bond motifs is 4. The molecule has 0 saturated carbocycles. The Hall–Kier alpha value is -4.74. The van der Waals surface area contributed by atoms with E-state index < -0.39 is 17.9 Å². The van der Waals surface area contributed by atoms with Gasteiger partial charge in [-0.25, -0.2) is 4.98 Å². The molecule has 2 N–H and O–H groups in total. The molecule has 0 aliphatic carbocycles. The summed E-state index contributed by atoms with van der Waals surface area (Å²) in [5, 5.41) is 5.78. The van der Waals surface area contributed by atoms with E-state index in [1.165, 1.54) is 19.1 Å². The Morgan fingerprint density at radius 2 is 1.80 bits per heavy atom. The Balaban J connectivity index is 1.63. The van der Waals surface area contributed by atoms with E-state index in [-0.39, 0.29) is 37.1 Å². The number of rotatable bonds is 5. The average Bonchev–Trinajstić information content (AvgIpc) is 3.50. The fourth-order valence-corrected chi connectivity index (χ4v) is 5.01. The Labute approximate surface area is 257 Å². The molecule has 1 aliphatic rings. The number of carbonyl (C=O) groups excluding carboxylic acids is 3. The largest absolute Gasteiger partial charge is 0.497 e. The van der Waals surface area contributed by atoms with Crippen molar-refractivity contribution in [2.45, 2.75) is 39.3 Å². The van der Waals surface area contributed by atoms with Crippen molar-refractivity contribution in [2.75, 3.05) is 47.6 Å². The molecule has 1 atom stereocenters. The second-order valence-electron chi connectivity index (χ2n) is 10.7. The first kappa shape index (κ1) is 32.2. The summed E-state index contributed by atoms with van der Waals surface area (Å²) in [4.78, 5) is 46.2. The second kappa shape index (κ2) is 15.1. The minimum absolute atomic E-state index is 0.172. The predicted octanol–water partition coefficient (Wildman–Crippen LogP) is 3.15. The summed E-state index contributed by atoms with van der Waals surface area (Å²) < 4.78 is 24.4. The van der Waals surface area contributed by atoms with E-state index in [1.54, 1.807) is 31.5 Å². The highest BCUT2D eigenvalue weighted by molar-refractivity contribution is 5.99. The number of methoxy groups -OCH3 is 3. The second-order valence-corrected chi connectivity index (χ2v) is 10.7. The zero-order valence-corrected chi connectivity index (χ0v) is 25.9. The molecule has 2 bridgehead atoms. The Morgan fingerprint density at radius 1 is 1.00 bits per heavy atom. The van der Waals surface area contributed by atoms with Crippen LogP contribution in [0.2, 0.25) is 0 Å². The summed E-state index contributed by atoms with van der Waals surface area (Å²) in [6, 6.07) is 9.74. The number of aromatic nitrogens is 2. The van der Waals surface area contributed by atoms with Crippen molar-refractivity contribution < 1.29 is 33.3 Å². The van der Waals surface area contributed by atoms with Crippen LogP contribution in [0.5, 0.6) is 23.0 Å². The molecule has 2 heterocycles. The minimum atomic E-state index is -0.766. The van der Waals surface area contributed by atoms with E-state index in [2.05, 4.69) is 15.6 Å². The minimum Gasteiger partial charge on any atom is -0.497 e. The molecule has 0 spiro atoms. The van der Waals surface area contributed by atoms with E-state index in [4.69, 9.17) is 18.9 Å². The van der Waals surface area contributed by atoms with Crippen LogP contribution in [-0.2, 0) is 16.1 Å². The van der Waals surface area contributed by atoms with E-state index in [0.717, 1.165) is 11.4 Å². The van der Waals surface area contributed by atoms with Crippen molar-refractivity contribution in [2.24, 2.45) is 5.92 Å². The van der Waals surface area contributed by atoms with Gasteiger partial charge in [-0.05, 0) is 49.1 Å². The van der Waals surface area contributed by atoms with Crippen molar-refractivity contribution in [3.05, 3.63) is 54.4 Å². The van der Waals surface area contributed by atoms with Gasteiger partial charge in [-0.3, -0.25) is 14.4 Å². The topological polar surface area (TPSA) is 133 Å². The number of nitrogens with one attached hydrogen (secondary N) is 2. The molecule has 2 aromatic carbocycles. The van der Waals surface area contributed by atoms with Gasteiger partial charge in [-0.1, -0.05) is 13.8 Å². The summed E-state index contributed by atoms with van der Waals surface area (Å²) in [6.07, 6.45) is 4.69. The van der Waals surface area contributed by atoms with Gasteiger partial charge in [0.05, 0.1) is 40.0 Å². The monoisotopic (exact) mass is 607 g/mol. The van der Waals surface area contributed by atoms with Gasteiger partial charge < -0.3 is 39.0 Å². The maximum absolute atomic E-state index is 13.8. The van der Waals surface area contributed by atoms with Crippen LogP contribution in [0.3, 0.4) is 0 Å². The van der Waals surface area contributed by atoms with Gasteiger partial charge in [0.25, 0.3) is 5.91 Å². The predicted molar refractivity (Wildman–Crippen MR) is 164 cm³/mol. The molecule has 12 heteroatoms. The maximum Gasteiger partial charge on any atom is 0.258 e. The van der Waals surface area contributed by atoms with Gasteiger partial charge in [0.2, 0.25) is 11.8 Å². The van der Waals surface area contributed by atoms with E-state index in [1.807, 2.05) is 42.8 Å². The zero-order chi connectivity index (χ0) is 31.6. The molecule has 1 aromatic heterocycles. The van der Waals surface area contributed by atoms with E-state index >= 15 is 0 Å². The molecular weight excluding hydrogens is 566 g/mol. The number of hydrogen-bond donors (Lipinski definition) is 2. The van der Waals surface area contributed by atoms with Crippen LogP contribution in [0.4, 0.5) is 0 Å². The normalized spacial score (nSPS) is 16.8. The maximum atomic E-state index is 13.8. The SMILES string of the molecule is COc1ccc(C(=O)N2CCCOc3cc(ccc3OC)-c3nccn3CCCNC(=O)[C@@H](C(C)C)NC(=O)C2)c(OC)c1. The van der Waals surface area contributed by atoms with Gasteiger partial charge in [-0.15, -0.1) is 0 Å². The third kappa shape index (κ3) is 7.80. The fraction of sp³-hybridized carbons (Fsp3) is 0.438. The summed E-state index contributed by atoms with van der Waals surface area (Å²) in [7, 11) is 4.56. The lowest BCUT2D eigenvalue weighted by atomic mass is 10.0. The molecule has 236 valence electrons. The van der Waals surface area contributed by atoms with Crippen molar-refractivity contribution in [3.63, 3.8) is 0 Å². The van der Waals surface area contributed by atoms with Gasteiger partial charge >= 0.3 is 0 Å². The van der Waals surface area contributed by atoms with Crippen LogP contribution in [-0.4, -0.2) is 85.8 Å². The van der Waals surface area contributed by atoms with Crippen molar-refractivity contribution >= 4 is 17.7 Å². The van der Waals surface area contributed by atoms with Crippen LogP contribution in [0.25, 0.3) is 11.4 Å². The van der Waals surface area contributed by atoms with Crippen molar-refractivity contribution in [1.29, 1.82) is 0 Å². The highest BCUT2D eigenvalue weighted by atomic mass is 16.5. The molecule has 0 unspecified atom stereocenters. The summed E-state index contributed by atoms with van der Waals surface area (Å²) in [6.45, 7) is 4.95. The number of imidazole rings is 1. The van der Waals surface area contributed by atoms with E-state index in [9.17, 15) is 14.4 Å². The van der Waals surface area contributed by atoms with Crippen LogP contribution in [0, 0.1) is 5.92 Å². The molecule has 12 nitrogen and oxygen atoms in total. The fourth-order valence-electron chi connectivity index (χ4n) is 5.01. The van der Waals surface area contributed by atoms with Gasteiger partial charge in [-0.2, -0.15) is 0 Å². The van der Waals surface area contributed by atoms with Gasteiger partial charge in [0.15, 0.2) is 11.5 Å². The lowest BCUT2D eigenvalue weighted by molar-refractivity contribution is -0.130. The first-order valence-corrected chi connectivity index (χ1v) is 14.7. The lowest BCUT2D eigenvalue weighted by Gasteiger charge is -2.26. The van der Waals surface area contributed by atoms with Crippen LogP contribution in [0.15, 0.2) is 48.8 Å². The molecular formula is C32H41N5O7. The first-order valence-electron chi connectivity index (χ1n) is 14.7. The van der Waals surface area contributed by atoms with E-state index in [0.29, 0.717) is 48.9 Å². The lowest BCUT2D eigenvalue weighted by Crippen LogP contribution is -2.52. The molecule has 4 rings (SSSR count). The number of ether oxygens (including phenoxy) is 4. The van der Waals surface area contributed by atoms with Crippen LogP contribution in [0.1, 0.15) is 37.0 Å². The highest BCUT2D eigenvalue weighted by Gasteiger charge is 2.27. The van der Waals surface area contributed by atoms with Crippen molar-refractivity contribution in [1.82, 2.24) is 25.1 Å². The number of carbonyl (C=O) groups is 3.